The molecule has 0 aromatic carbocycles. The maximum absolute atomic E-state index is 5.83. The zero-order valence-electron chi connectivity index (χ0n) is 11.9. The second-order valence-electron chi connectivity index (χ2n) is 5.57. The lowest BCUT2D eigenvalue weighted by Gasteiger charge is -2.21. The van der Waals surface area contributed by atoms with Crippen LogP contribution in [0.2, 0.25) is 0 Å². The molecule has 0 spiro atoms. The predicted octanol–water partition coefficient (Wildman–Crippen LogP) is 3.42. The molecule has 3 heterocycles. The van der Waals surface area contributed by atoms with Crippen LogP contribution < -0.4 is 5.73 Å². The van der Waals surface area contributed by atoms with Gasteiger partial charge in [-0.05, 0) is 36.4 Å². The maximum atomic E-state index is 5.83. The topological polar surface area (TPSA) is 55.3 Å². The summed E-state index contributed by atoms with van der Waals surface area (Å²) in [6.45, 7) is 5.88. The molecular formula is C14H21Cl2N3OS. The molecule has 7 heteroatoms. The van der Waals surface area contributed by atoms with E-state index < -0.39 is 0 Å². The van der Waals surface area contributed by atoms with Crippen molar-refractivity contribution in [1.29, 1.82) is 0 Å². The zero-order chi connectivity index (χ0) is 13.3. The molecule has 1 fully saturated rings. The Balaban J connectivity index is 0.00000110. The van der Waals surface area contributed by atoms with Gasteiger partial charge >= 0.3 is 0 Å². The van der Waals surface area contributed by atoms with Crippen LogP contribution in [0, 0.1) is 5.41 Å². The zero-order valence-corrected chi connectivity index (χ0v) is 14.4. The predicted molar refractivity (Wildman–Crippen MR) is 91.4 cm³/mol. The molecule has 0 bridgehead atoms. The number of thiophene rings is 1. The van der Waals surface area contributed by atoms with Gasteiger partial charge in [-0.15, -0.1) is 36.2 Å². The summed E-state index contributed by atoms with van der Waals surface area (Å²) in [5, 5.41) is 2.05. The van der Waals surface area contributed by atoms with Crippen LogP contribution >= 0.6 is 36.2 Å². The van der Waals surface area contributed by atoms with Gasteiger partial charge in [0, 0.05) is 6.54 Å². The lowest BCUT2D eigenvalue weighted by molar-refractivity contribution is 0.252. The van der Waals surface area contributed by atoms with Gasteiger partial charge in [0.1, 0.15) is 0 Å². The highest BCUT2D eigenvalue weighted by Gasteiger charge is 2.32. The first kappa shape index (κ1) is 18.5. The van der Waals surface area contributed by atoms with E-state index in [2.05, 4.69) is 22.9 Å². The highest BCUT2D eigenvalue weighted by Crippen LogP contribution is 2.30. The van der Waals surface area contributed by atoms with Crippen molar-refractivity contribution in [3.8, 4) is 10.6 Å². The van der Waals surface area contributed by atoms with E-state index in [1.165, 1.54) is 0 Å². The van der Waals surface area contributed by atoms with Crippen LogP contribution in [0.3, 0.4) is 0 Å². The molecule has 118 valence electrons. The Morgan fingerprint density at radius 3 is 2.90 bits per heavy atom. The van der Waals surface area contributed by atoms with Gasteiger partial charge in [-0.1, -0.05) is 13.0 Å². The van der Waals surface area contributed by atoms with Gasteiger partial charge in [-0.2, -0.15) is 0 Å². The Kier molecular flexibility index (Phi) is 6.69. The Morgan fingerprint density at radius 1 is 1.48 bits per heavy atom. The highest BCUT2D eigenvalue weighted by atomic mass is 35.5. The normalized spacial score (nSPS) is 21.8. The lowest BCUT2D eigenvalue weighted by Crippen LogP contribution is -2.31. The van der Waals surface area contributed by atoms with Crippen LogP contribution in [0.1, 0.15) is 19.2 Å². The van der Waals surface area contributed by atoms with Crippen LogP contribution in [-0.2, 0) is 6.54 Å². The SMILES string of the molecule is CC1(CN)CCN(Cc2ncc(-c3cccs3)o2)C1.Cl.Cl. The Labute approximate surface area is 141 Å². The van der Waals surface area contributed by atoms with Crippen LogP contribution in [-0.4, -0.2) is 29.5 Å². The minimum absolute atomic E-state index is 0. The largest absolute Gasteiger partial charge is 0.438 e. The van der Waals surface area contributed by atoms with E-state index in [-0.39, 0.29) is 30.2 Å². The molecule has 3 rings (SSSR count). The number of halogens is 2. The van der Waals surface area contributed by atoms with Gasteiger partial charge < -0.3 is 10.2 Å². The molecule has 4 nitrogen and oxygen atoms in total. The molecule has 0 aliphatic carbocycles. The van der Waals surface area contributed by atoms with Gasteiger partial charge in [0.25, 0.3) is 0 Å². The minimum atomic E-state index is 0. The average Bonchev–Trinajstić information content (AvgIpc) is 3.11. The number of hydrogen-bond donors (Lipinski definition) is 1. The Morgan fingerprint density at radius 2 is 2.29 bits per heavy atom. The second kappa shape index (κ2) is 7.61. The minimum Gasteiger partial charge on any atom is -0.438 e. The van der Waals surface area contributed by atoms with Crippen LogP contribution in [0.25, 0.3) is 10.6 Å². The van der Waals surface area contributed by atoms with Crippen molar-refractivity contribution in [2.45, 2.75) is 19.9 Å². The molecule has 1 unspecified atom stereocenters. The van der Waals surface area contributed by atoms with Gasteiger partial charge in [-0.3, -0.25) is 4.90 Å². The van der Waals surface area contributed by atoms with Gasteiger partial charge in [0.15, 0.2) is 5.76 Å². The van der Waals surface area contributed by atoms with Crippen molar-refractivity contribution in [3.05, 3.63) is 29.6 Å². The van der Waals surface area contributed by atoms with Crippen molar-refractivity contribution in [3.63, 3.8) is 0 Å². The summed E-state index contributed by atoms with van der Waals surface area (Å²) in [5.41, 5.74) is 6.08. The van der Waals surface area contributed by atoms with E-state index in [0.717, 1.165) is 49.1 Å². The number of nitrogens with zero attached hydrogens (tertiary/aromatic N) is 2. The average molecular weight is 350 g/mol. The fourth-order valence-electron chi connectivity index (χ4n) is 2.53. The van der Waals surface area contributed by atoms with E-state index >= 15 is 0 Å². The molecule has 1 atom stereocenters. The molecule has 2 N–H and O–H groups in total. The maximum Gasteiger partial charge on any atom is 0.209 e. The molecule has 1 saturated heterocycles. The molecule has 1 aliphatic rings. The summed E-state index contributed by atoms with van der Waals surface area (Å²) in [4.78, 5) is 7.88. The number of aromatic nitrogens is 1. The van der Waals surface area contributed by atoms with Crippen LogP contribution in [0.4, 0.5) is 0 Å². The van der Waals surface area contributed by atoms with Gasteiger partial charge in [0.2, 0.25) is 5.89 Å². The van der Waals surface area contributed by atoms with Crippen LogP contribution in [0.5, 0.6) is 0 Å². The second-order valence-corrected chi connectivity index (χ2v) is 6.52. The quantitative estimate of drug-likeness (QED) is 0.918. The smallest absolute Gasteiger partial charge is 0.209 e. The van der Waals surface area contributed by atoms with Gasteiger partial charge in [-0.25, -0.2) is 4.98 Å². The molecule has 21 heavy (non-hydrogen) atoms. The monoisotopic (exact) mass is 349 g/mol. The number of rotatable bonds is 4. The summed E-state index contributed by atoms with van der Waals surface area (Å²) in [5.74, 6) is 1.66. The molecular weight excluding hydrogens is 329 g/mol. The van der Waals surface area contributed by atoms with Crippen molar-refractivity contribution in [2.24, 2.45) is 11.1 Å². The van der Waals surface area contributed by atoms with Crippen molar-refractivity contribution in [2.75, 3.05) is 19.6 Å². The van der Waals surface area contributed by atoms with Crippen molar-refractivity contribution in [1.82, 2.24) is 9.88 Å². The number of likely N-dealkylation sites (tertiary alicyclic amines) is 1. The van der Waals surface area contributed by atoms with E-state index in [4.69, 9.17) is 10.2 Å². The van der Waals surface area contributed by atoms with Gasteiger partial charge in [0.05, 0.1) is 17.6 Å². The van der Waals surface area contributed by atoms with E-state index in [1.807, 2.05) is 17.6 Å². The molecule has 2 aromatic rings. The molecule has 2 aromatic heterocycles. The first-order chi connectivity index (χ1) is 9.18. The molecule has 0 radical (unpaired) electrons. The number of hydrogen-bond acceptors (Lipinski definition) is 5. The van der Waals surface area contributed by atoms with E-state index in [0.29, 0.717) is 0 Å². The van der Waals surface area contributed by atoms with E-state index in [1.54, 1.807) is 11.3 Å². The fraction of sp³-hybridized carbons (Fsp3) is 0.500. The first-order valence-corrected chi connectivity index (χ1v) is 7.47. The first-order valence-electron chi connectivity index (χ1n) is 6.60. The Hall–Kier alpha value is -0.590. The lowest BCUT2D eigenvalue weighted by atomic mass is 9.90. The standard InChI is InChI=1S/C14H19N3OS.2ClH/c1-14(9-15)4-5-17(10-14)8-13-16-7-11(18-13)12-3-2-6-19-12;;/h2-3,6-7H,4-5,8-10,15H2,1H3;2*1H. The summed E-state index contributed by atoms with van der Waals surface area (Å²) in [6, 6.07) is 4.08. The molecule has 1 aliphatic heterocycles. The number of nitrogens with two attached hydrogens (primary N) is 1. The summed E-state index contributed by atoms with van der Waals surface area (Å²) < 4.78 is 5.82. The number of oxazole rings is 1. The summed E-state index contributed by atoms with van der Waals surface area (Å²) in [7, 11) is 0. The van der Waals surface area contributed by atoms with Crippen molar-refractivity contribution < 1.29 is 4.42 Å². The fourth-order valence-corrected chi connectivity index (χ4v) is 3.21. The summed E-state index contributed by atoms with van der Waals surface area (Å²) in [6.07, 6.45) is 2.97. The Bertz CT molecular complexity index is 546. The van der Waals surface area contributed by atoms with Crippen molar-refractivity contribution >= 4 is 36.2 Å². The third kappa shape index (κ3) is 4.20. The van der Waals surface area contributed by atoms with Crippen LogP contribution in [0.15, 0.2) is 28.1 Å². The molecule has 0 amide bonds. The van der Waals surface area contributed by atoms with E-state index in [9.17, 15) is 0 Å². The third-order valence-electron chi connectivity index (χ3n) is 3.81. The highest BCUT2D eigenvalue weighted by molar-refractivity contribution is 7.13. The molecule has 0 saturated carbocycles. The third-order valence-corrected chi connectivity index (χ3v) is 4.69. The summed E-state index contributed by atoms with van der Waals surface area (Å²) >= 11 is 1.67.